The quantitative estimate of drug-likeness (QED) is 0.845. The van der Waals surface area contributed by atoms with Gasteiger partial charge in [-0.15, -0.1) is 0 Å². The Morgan fingerprint density at radius 3 is 1.92 bits per heavy atom. The van der Waals surface area contributed by atoms with Crippen molar-refractivity contribution in [2.45, 2.75) is 26.9 Å². The first kappa shape index (κ1) is 18.6. The summed E-state index contributed by atoms with van der Waals surface area (Å²) >= 11 is 0. The molecule has 0 radical (unpaired) electrons. The Labute approximate surface area is 157 Å². The first-order valence-electron chi connectivity index (χ1n) is 8.77. The van der Waals surface area contributed by atoms with E-state index in [1.54, 1.807) is 4.90 Å². The molecule has 0 fully saturated rings. The Hall–Kier alpha value is -2.22. The van der Waals surface area contributed by atoms with Crippen LogP contribution in [0, 0.1) is 5.41 Å². The van der Waals surface area contributed by atoms with E-state index >= 15 is 0 Å². The van der Waals surface area contributed by atoms with Crippen molar-refractivity contribution in [1.29, 1.82) is 0 Å². The Balaban J connectivity index is 2.14. The normalized spacial score (nSPS) is 17.3. The first-order chi connectivity index (χ1) is 12.4. The van der Waals surface area contributed by atoms with Crippen LogP contribution in [0.5, 0.6) is 0 Å². The molecule has 26 heavy (non-hydrogen) atoms. The smallest absolute Gasteiger partial charge is 0.233 e. The van der Waals surface area contributed by atoms with Gasteiger partial charge in [-0.1, -0.05) is 87.5 Å². The van der Waals surface area contributed by atoms with Crippen LogP contribution in [0.3, 0.4) is 0 Å². The average molecular weight is 364 g/mol. The fourth-order valence-electron chi connectivity index (χ4n) is 2.93. The molecular weight excluding hydrogens is 339 g/mol. The Morgan fingerprint density at radius 1 is 0.962 bits per heavy atom. The number of carbonyl (C=O) groups is 1. The highest BCUT2D eigenvalue weighted by atomic mass is 31.1. The molecule has 1 amide bonds. The van der Waals surface area contributed by atoms with Crippen molar-refractivity contribution in [1.82, 2.24) is 4.90 Å². The van der Waals surface area contributed by atoms with E-state index in [-0.39, 0.29) is 5.91 Å². The summed E-state index contributed by atoms with van der Waals surface area (Å²) in [5.41, 5.74) is 6.82. The van der Waals surface area contributed by atoms with Gasteiger partial charge in [0.1, 0.15) is 6.17 Å². The van der Waals surface area contributed by atoms with E-state index in [4.69, 9.17) is 5.73 Å². The molecule has 134 valence electrons. The van der Waals surface area contributed by atoms with E-state index in [0.717, 1.165) is 5.44 Å². The van der Waals surface area contributed by atoms with Crippen LogP contribution in [0.25, 0.3) is 0 Å². The molecule has 3 nitrogen and oxygen atoms in total. The predicted molar refractivity (Wildman–Crippen MR) is 111 cm³/mol. The van der Waals surface area contributed by atoms with Gasteiger partial charge < -0.3 is 5.73 Å². The monoisotopic (exact) mass is 364 g/mol. The number of benzene rings is 2. The van der Waals surface area contributed by atoms with Gasteiger partial charge >= 0.3 is 0 Å². The maximum absolute atomic E-state index is 13.2. The van der Waals surface area contributed by atoms with Crippen LogP contribution >= 0.6 is 7.92 Å². The second-order valence-electron chi connectivity index (χ2n) is 7.33. The van der Waals surface area contributed by atoms with E-state index in [9.17, 15) is 4.79 Å². The number of allylic oxidation sites excluding steroid dienone is 2. The van der Waals surface area contributed by atoms with Crippen molar-refractivity contribution in [2.24, 2.45) is 11.1 Å². The third-order valence-electron chi connectivity index (χ3n) is 4.22. The van der Waals surface area contributed by atoms with Gasteiger partial charge in [0.15, 0.2) is 0 Å². The van der Waals surface area contributed by atoms with Crippen molar-refractivity contribution >= 4 is 24.4 Å². The van der Waals surface area contributed by atoms with Crippen LogP contribution < -0.4 is 16.3 Å². The molecule has 4 heteroatoms. The van der Waals surface area contributed by atoms with Crippen LogP contribution in [-0.4, -0.2) is 17.0 Å². The van der Waals surface area contributed by atoms with E-state index < -0.39 is 19.5 Å². The van der Waals surface area contributed by atoms with Gasteiger partial charge in [-0.3, -0.25) is 9.69 Å². The molecule has 1 aliphatic heterocycles. The lowest BCUT2D eigenvalue weighted by molar-refractivity contribution is -0.138. The van der Waals surface area contributed by atoms with Crippen LogP contribution in [0.1, 0.15) is 20.8 Å². The van der Waals surface area contributed by atoms with Gasteiger partial charge in [0.2, 0.25) is 5.91 Å². The standard InChI is InChI=1S/C22H25N2OP/c1-22(2,3)21(25)24-19(23)15-10-16-20(24)26(17-11-6-4-7-12-17)18-13-8-5-9-14-18/h4-16,19H,23H2,1-3H3. The lowest BCUT2D eigenvalue weighted by Crippen LogP contribution is -2.49. The molecule has 2 aromatic rings. The molecule has 1 heterocycles. The van der Waals surface area contributed by atoms with Gasteiger partial charge in [0, 0.05) is 13.3 Å². The maximum atomic E-state index is 13.2. The minimum absolute atomic E-state index is 0.0416. The lowest BCUT2D eigenvalue weighted by Gasteiger charge is -2.39. The Kier molecular flexibility index (Phi) is 5.41. The summed E-state index contributed by atoms with van der Waals surface area (Å²) in [7, 11) is -0.880. The molecule has 1 atom stereocenters. The Morgan fingerprint density at radius 2 is 1.46 bits per heavy atom. The molecule has 0 saturated carbocycles. The van der Waals surface area contributed by atoms with E-state index in [0.29, 0.717) is 0 Å². The molecule has 0 aliphatic carbocycles. The number of hydrogen-bond donors (Lipinski definition) is 1. The summed E-state index contributed by atoms with van der Waals surface area (Å²) in [6, 6.07) is 20.7. The van der Waals surface area contributed by atoms with Gasteiger partial charge in [-0.05, 0) is 22.8 Å². The highest BCUT2D eigenvalue weighted by Crippen LogP contribution is 2.47. The summed E-state index contributed by atoms with van der Waals surface area (Å²) in [6.45, 7) is 5.81. The number of rotatable bonds is 3. The van der Waals surface area contributed by atoms with Gasteiger partial charge in [0.05, 0.1) is 5.44 Å². The summed E-state index contributed by atoms with van der Waals surface area (Å²) < 4.78 is 0. The summed E-state index contributed by atoms with van der Waals surface area (Å²) in [6.07, 6.45) is 5.43. The summed E-state index contributed by atoms with van der Waals surface area (Å²) in [5, 5.41) is 2.41. The fourth-order valence-corrected chi connectivity index (χ4v) is 5.37. The van der Waals surface area contributed by atoms with Crippen molar-refractivity contribution in [3.05, 3.63) is 84.3 Å². The second kappa shape index (κ2) is 7.57. The minimum atomic E-state index is -0.880. The number of nitrogens with zero attached hydrogens (tertiary/aromatic N) is 1. The van der Waals surface area contributed by atoms with Gasteiger partial charge in [0.25, 0.3) is 0 Å². The van der Waals surface area contributed by atoms with E-state index in [1.807, 2.05) is 75.4 Å². The minimum Gasteiger partial charge on any atom is -0.308 e. The zero-order valence-corrected chi connectivity index (χ0v) is 16.4. The molecule has 2 aromatic carbocycles. The van der Waals surface area contributed by atoms with Crippen LogP contribution in [0.4, 0.5) is 0 Å². The largest absolute Gasteiger partial charge is 0.308 e. The van der Waals surface area contributed by atoms with Crippen molar-refractivity contribution in [2.75, 3.05) is 0 Å². The predicted octanol–water partition coefficient (Wildman–Crippen LogP) is 3.69. The molecule has 0 spiro atoms. The van der Waals surface area contributed by atoms with Crippen molar-refractivity contribution in [3.63, 3.8) is 0 Å². The molecule has 0 aromatic heterocycles. The maximum Gasteiger partial charge on any atom is 0.233 e. The molecule has 2 N–H and O–H groups in total. The number of carbonyl (C=O) groups excluding carboxylic acids is 1. The lowest BCUT2D eigenvalue weighted by atomic mass is 9.94. The van der Waals surface area contributed by atoms with E-state index in [2.05, 4.69) is 24.3 Å². The average Bonchev–Trinajstić information content (AvgIpc) is 2.63. The van der Waals surface area contributed by atoms with Gasteiger partial charge in [-0.2, -0.15) is 0 Å². The second-order valence-corrected chi connectivity index (χ2v) is 9.49. The molecule has 1 unspecified atom stereocenters. The van der Waals surface area contributed by atoms with Crippen molar-refractivity contribution in [3.8, 4) is 0 Å². The third kappa shape index (κ3) is 3.80. The molecule has 3 rings (SSSR count). The molecule has 1 aliphatic rings. The van der Waals surface area contributed by atoms with Crippen LogP contribution in [0.15, 0.2) is 84.3 Å². The third-order valence-corrected chi connectivity index (χ3v) is 6.67. The topological polar surface area (TPSA) is 46.3 Å². The van der Waals surface area contributed by atoms with Crippen molar-refractivity contribution < 1.29 is 4.79 Å². The van der Waals surface area contributed by atoms with Crippen LogP contribution in [-0.2, 0) is 4.79 Å². The van der Waals surface area contributed by atoms with Crippen LogP contribution in [0.2, 0.25) is 0 Å². The fraction of sp³-hybridized carbons (Fsp3) is 0.227. The zero-order chi connectivity index (χ0) is 18.7. The Bertz CT molecular complexity index is 783. The number of hydrogen-bond acceptors (Lipinski definition) is 2. The number of amides is 1. The summed E-state index contributed by atoms with van der Waals surface area (Å²) in [5.74, 6) is 0.0416. The molecule has 0 saturated heterocycles. The van der Waals surface area contributed by atoms with Gasteiger partial charge in [-0.25, -0.2) is 0 Å². The SMILES string of the molecule is CC(C)(C)C(=O)N1C(P(c2ccccc2)c2ccccc2)=CC=CC1N. The summed E-state index contributed by atoms with van der Waals surface area (Å²) in [4.78, 5) is 15.0. The van der Waals surface area contributed by atoms with E-state index in [1.165, 1.54) is 10.6 Å². The zero-order valence-electron chi connectivity index (χ0n) is 15.5. The highest BCUT2D eigenvalue weighted by Gasteiger charge is 2.36. The first-order valence-corrected chi connectivity index (χ1v) is 10.1. The molecular formula is C22H25N2OP. The molecule has 0 bridgehead atoms. The highest BCUT2D eigenvalue weighted by molar-refractivity contribution is 7.76. The number of nitrogens with two attached hydrogens (primary N) is 1.